The van der Waals surface area contributed by atoms with Gasteiger partial charge in [-0.1, -0.05) is 49.2 Å². The summed E-state index contributed by atoms with van der Waals surface area (Å²) in [7, 11) is 1.68. The minimum absolute atomic E-state index is 0.0777. The lowest BCUT2D eigenvalue weighted by molar-refractivity contribution is -0.129. The van der Waals surface area contributed by atoms with Gasteiger partial charge in [-0.25, -0.2) is 0 Å². The minimum atomic E-state index is -0.112. The molecule has 2 fully saturated rings. The second-order valence-corrected chi connectivity index (χ2v) is 9.04. The summed E-state index contributed by atoms with van der Waals surface area (Å²) >= 11 is 0. The summed E-state index contributed by atoms with van der Waals surface area (Å²) < 4.78 is 5.43. The summed E-state index contributed by atoms with van der Waals surface area (Å²) in [5.74, 6) is 1.46. The highest BCUT2D eigenvalue weighted by Crippen LogP contribution is 2.31. The van der Waals surface area contributed by atoms with Crippen molar-refractivity contribution in [3.63, 3.8) is 0 Å². The first-order valence-electron chi connectivity index (χ1n) is 12.2. The zero-order valence-electron chi connectivity index (χ0n) is 19.5. The number of hydrogen-bond acceptors (Lipinski definition) is 4. The molecule has 0 bridgehead atoms. The fourth-order valence-corrected chi connectivity index (χ4v) is 5.25. The first-order valence-corrected chi connectivity index (χ1v) is 12.2. The number of hydrogen-bond donors (Lipinski definition) is 1. The molecule has 2 aliphatic rings. The topological polar surface area (TPSA) is 61.9 Å². The van der Waals surface area contributed by atoms with Gasteiger partial charge in [0, 0.05) is 38.3 Å². The van der Waals surface area contributed by atoms with Crippen molar-refractivity contribution in [2.24, 2.45) is 5.92 Å². The number of carbonyl (C=O) groups excluding carboxylic acids is 2. The highest BCUT2D eigenvalue weighted by molar-refractivity contribution is 5.94. The van der Waals surface area contributed by atoms with Crippen LogP contribution >= 0.6 is 0 Å². The maximum Gasteiger partial charge on any atom is 0.253 e. The van der Waals surface area contributed by atoms with Crippen LogP contribution < -0.4 is 10.1 Å². The summed E-state index contributed by atoms with van der Waals surface area (Å²) in [6.07, 6.45) is 5.35. The van der Waals surface area contributed by atoms with Gasteiger partial charge in [0.15, 0.2) is 0 Å². The van der Waals surface area contributed by atoms with Crippen molar-refractivity contribution in [1.29, 1.82) is 0 Å². The molecule has 2 aromatic rings. The lowest BCUT2D eigenvalue weighted by Crippen LogP contribution is -2.58. The van der Waals surface area contributed by atoms with Crippen molar-refractivity contribution in [2.75, 3.05) is 39.8 Å². The predicted octanol–water partition coefficient (Wildman–Crippen LogP) is 3.37. The summed E-state index contributed by atoms with van der Waals surface area (Å²) in [5, 5.41) is 3.20. The summed E-state index contributed by atoms with van der Waals surface area (Å²) in [6, 6.07) is 17.3. The molecule has 2 amide bonds. The molecule has 1 atom stereocenters. The van der Waals surface area contributed by atoms with Gasteiger partial charge in [-0.15, -0.1) is 0 Å². The third kappa shape index (κ3) is 5.74. The van der Waals surface area contributed by atoms with E-state index in [4.69, 9.17) is 4.74 Å². The zero-order valence-corrected chi connectivity index (χ0v) is 19.5. The molecule has 33 heavy (non-hydrogen) atoms. The van der Waals surface area contributed by atoms with Gasteiger partial charge in [0.1, 0.15) is 5.75 Å². The summed E-state index contributed by atoms with van der Waals surface area (Å²) in [6.45, 7) is 3.38. The Labute approximate surface area is 196 Å². The second-order valence-electron chi connectivity index (χ2n) is 9.04. The SMILES string of the molecule is COc1ccccc1CCNC(=O)[C@@H](C1CCCC1)N1CCN(C(=O)c2ccccc2)CC1. The van der Waals surface area contributed by atoms with Crippen LogP contribution in [0.3, 0.4) is 0 Å². The molecule has 4 rings (SSSR count). The van der Waals surface area contributed by atoms with E-state index in [9.17, 15) is 9.59 Å². The van der Waals surface area contributed by atoms with Crippen molar-refractivity contribution in [1.82, 2.24) is 15.1 Å². The average molecular weight is 450 g/mol. The molecule has 0 radical (unpaired) electrons. The van der Waals surface area contributed by atoms with Crippen LogP contribution in [-0.4, -0.2) is 67.5 Å². The molecule has 6 heteroatoms. The maximum absolute atomic E-state index is 13.3. The van der Waals surface area contributed by atoms with Crippen LogP contribution in [0.15, 0.2) is 54.6 Å². The van der Waals surface area contributed by atoms with Crippen LogP contribution in [-0.2, 0) is 11.2 Å². The summed E-state index contributed by atoms with van der Waals surface area (Å²) in [5.41, 5.74) is 1.83. The van der Waals surface area contributed by atoms with Crippen molar-refractivity contribution < 1.29 is 14.3 Å². The number of nitrogens with one attached hydrogen (secondary N) is 1. The van der Waals surface area contributed by atoms with E-state index in [1.165, 1.54) is 12.8 Å². The Morgan fingerprint density at radius 2 is 1.64 bits per heavy atom. The number of benzene rings is 2. The van der Waals surface area contributed by atoms with E-state index in [1.54, 1.807) is 7.11 Å². The Kier molecular flexibility index (Phi) is 8.00. The van der Waals surface area contributed by atoms with Crippen LogP contribution in [0.5, 0.6) is 5.75 Å². The molecule has 0 unspecified atom stereocenters. The molecule has 1 N–H and O–H groups in total. The van der Waals surface area contributed by atoms with Gasteiger partial charge in [-0.3, -0.25) is 14.5 Å². The Morgan fingerprint density at radius 1 is 0.970 bits per heavy atom. The van der Waals surface area contributed by atoms with Crippen molar-refractivity contribution in [3.8, 4) is 5.75 Å². The number of nitrogens with zero attached hydrogens (tertiary/aromatic N) is 2. The van der Waals surface area contributed by atoms with E-state index in [1.807, 2.05) is 59.5 Å². The average Bonchev–Trinajstić information content (AvgIpc) is 3.39. The number of carbonyl (C=O) groups is 2. The monoisotopic (exact) mass is 449 g/mol. The van der Waals surface area contributed by atoms with Gasteiger partial charge in [0.05, 0.1) is 13.2 Å². The third-order valence-corrected chi connectivity index (χ3v) is 7.02. The highest BCUT2D eigenvalue weighted by Gasteiger charge is 2.37. The number of rotatable bonds is 8. The Bertz CT molecular complexity index is 919. The minimum Gasteiger partial charge on any atom is -0.496 e. The molecule has 1 saturated heterocycles. The number of amides is 2. The molecular weight excluding hydrogens is 414 g/mol. The Hall–Kier alpha value is -2.86. The molecule has 6 nitrogen and oxygen atoms in total. The highest BCUT2D eigenvalue weighted by atomic mass is 16.5. The summed E-state index contributed by atoms with van der Waals surface area (Å²) in [4.78, 5) is 30.4. The predicted molar refractivity (Wildman–Crippen MR) is 129 cm³/mol. The van der Waals surface area contributed by atoms with Crippen LogP contribution in [0.1, 0.15) is 41.6 Å². The van der Waals surface area contributed by atoms with Gasteiger partial charge >= 0.3 is 0 Å². The smallest absolute Gasteiger partial charge is 0.253 e. The van der Waals surface area contributed by atoms with Crippen molar-refractivity contribution >= 4 is 11.8 Å². The molecule has 0 aromatic heterocycles. The molecular formula is C27H35N3O3. The van der Waals surface area contributed by atoms with Gasteiger partial charge in [-0.05, 0) is 48.9 Å². The molecule has 1 heterocycles. The largest absolute Gasteiger partial charge is 0.496 e. The maximum atomic E-state index is 13.3. The van der Waals surface area contributed by atoms with E-state index >= 15 is 0 Å². The third-order valence-electron chi connectivity index (χ3n) is 7.02. The zero-order chi connectivity index (χ0) is 23.0. The number of piperazine rings is 1. The number of methoxy groups -OCH3 is 1. The quantitative estimate of drug-likeness (QED) is 0.671. The van der Waals surface area contributed by atoms with E-state index in [2.05, 4.69) is 10.2 Å². The van der Waals surface area contributed by atoms with E-state index in [0.29, 0.717) is 25.6 Å². The molecule has 1 aliphatic heterocycles. The normalized spacial score (nSPS) is 18.2. The van der Waals surface area contributed by atoms with Crippen LogP contribution in [0, 0.1) is 5.92 Å². The second kappa shape index (κ2) is 11.3. The lowest BCUT2D eigenvalue weighted by Gasteiger charge is -2.40. The number of ether oxygens (including phenoxy) is 1. The van der Waals surface area contributed by atoms with Crippen LogP contribution in [0.25, 0.3) is 0 Å². The molecule has 1 aliphatic carbocycles. The first-order chi connectivity index (χ1) is 16.2. The molecule has 0 spiro atoms. The van der Waals surface area contributed by atoms with E-state index in [-0.39, 0.29) is 17.9 Å². The van der Waals surface area contributed by atoms with Gasteiger partial charge in [-0.2, -0.15) is 0 Å². The molecule has 1 saturated carbocycles. The van der Waals surface area contributed by atoms with Gasteiger partial charge in [0.25, 0.3) is 5.91 Å². The number of para-hydroxylation sites is 1. The Balaban J connectivity index is 1.35. The Morgan fingerprint density at radius 3 is 2.33 bits per heavy atom. The van der Waals surface area contributed by atoms with Crippen LogP contribution in [0.2, 0.25) is 0 Å². The standard InChI is InChI=1S/C27H35N3O3/c1-33-24-14-8-7-9-21(24)15-16-28-26(31)25(22-10-5-6-11-22)29-17-19-30(20-18-29)27(32)23-12-3-2-4-13-23/h2-4,7-9,12-14,22,25H,5-6,10-11,15-20H2,1H3,(H,28,31)/t25-/m1/s1. The van der Waals surface area contributed by atoms with Crippen molar-refractivity contribution in [3.05, 3.63) is 65.7 Å². The van der Waals surface area contributed by atoms with Crippen LogP contribution in [0.4, 0.5) is 0 Å². The van der Waals surface area contributed by atoms with Crippen molar-refractivity contribution in [2.45, 2.75) is 38.1 Å². The van der Waals surface area contributed by atoms with E-state index in [0.717, 1.165) is 49.2 Å². The molecule has 176 valence electrons. The van der Waals surface area contributed by atoms with Gasteiger partial charge < -0.3 is 15.0 Å². The van der Waals surface area contributed by atoms with E-state index < -0.39 is 0 Å². The first kappa shape index (κ1) is 23.3. The van der Waals surface area contributed by atoms with Gasteiger partial charge in [0.2, 0.25) is 5.91 Å². The molecule has 2 aromatic carbocycles. The fraction of sp³-hybridized carbons (Fsp3) is 0.481. The lowest BCUT2D eigenvalue weighted by atomic mass is 9.94. The fourth-order valence-electron chi connectivity index (χ4n) is 5.25.